The SMILES string of the molecule is CCC(CN)C(=O)N1CCOC(C)C1. The number of nitrogens with zero attached hydrogens (tertiary/aromatic N) is 1. The summed E-state index contributed by atoms with van der Waals surface area (Å²) in [6, 6.07) is 0. The van der Waals surface area contributed by atoms with Gasteiger partial charge in [-0.3, -0.25) is 4.79 Å². The van der Waals surface area contributed by atoms with Gasteiger partial charge in [0.15, 0.2) is 0 Å². The Labute approximate surface area is 85.4 Å². The number of morpholine rings is 1. The molecule has 2 N–H and O–H groups in total. The molecule has 0 radical (unpaired) electrons. The molecule has 0 aliphatic carbocycles. The second kappa shape index (κ2) is 5.32. The first kappa shape index (κ1) is 11.5. The number of carbonyl (C=O) groups excluding carboxylic acids is 1. The van der Waals surface area contributed by atoms with E-state index in [0.29, 0.717) is 26.2 Å². The van der Waals surface area contributed by atoms with Gasteiger partial charge in [-0.1, -0.05) is 6.92 Å². The molecule has 82 valence electrons. The number of carbonyl (C=O) groups is 1. The molecule has 1 aliphatic rings. The smallest absolute Gasteiger partial charge is 0.227 e. The second-order valence-corrected chi connectivity index (χ2v) is 3.81. The number of rotatable bonds is 3. The summed E-state index contributed by atoms with van der Waals surface area (Å²) in [6.07, 6.45) is 0.976. The summed E-state index contributed by atoms with van der Waals surface area (Å²) in [5.74, 6) is 0.172. The predicted molar refractivity (Wildman–Crippen MR) is 54.8 cm³/mol. The van der Waals surface area contributed by atoms with E-state index >= 15 is 0 Å². The van der Waals surface area contributed by atoms with E-state index in [9.17, 15) is 4.79 Å². The van der Waals surface area contributed by atoms with Crippen LogP contribution < -0.4 is 5.73 Å². The van der Waals surface area contributed by atoms with Gasteiger partial charge in [0, 0.05) is 19.6 Å². The molecule has 2 unspecified atom stereocenters. The molecule has 4 heteroatoms. The Morgan fingerprint density at radius 2 is 2.43 bits per heavy atom. The van der Waals surface area contributed by atoms with Gasteiger partial charge in [-0.05, 0) is 13.3 Å². The lowest BCUT2D eigenvalue weighted by Crippen LogP contribution is -2.48. The normalized spacial score (nSPS) is 24.8. The van der Waals surface area contributed by atoms with Gasteiger partial charge < -0.3 is 15.4 Å². The molecule has 1 heterocycles. The van der Waals surface area contributed by atoms with Crippen molar-refractivity contribution >= 4 is 5.91 Å². The van der Waals surface area contributed by atoms with Gasteiger partial charge in [0.2, 0.25) is 5.91 Å². The molecule has 4 nitrogen and oxygen atoms in total. The van der Waals surface area contributed by atoms with Crippen molar-refractivity contribution in [1.82, 2.24) is 4.90 Å². The maximum atomic E-state index is 11.9. The van der Waals surface area contributed by atoms with E-state index in [1.54, 1.807) is 0 Å². The molecule has 0 saturated carbocycles. The summed E-state index contributed by atoms with van der Waals surface area (Å²) in [6.45, 7) is 6.49. The third kappa shape index (κ3) is 2.69. The van der Waals surface area contributed by atoms with Gasteiger partial charge in [0.25, 0.3) is 0 Å². The van der Waals surface area contributed by atoms with E-state index in [4.69, 9.17) is 10.5 Å². The van der Waals surface area contributed by atoms with Crippen molar-refractivity contribution in [3.63, 3.8) is 0 Å². The fraction of sp³-hybridized carbons (Fsp3) is 0.900. The van der Waals surface area contributed by atoms with E-state index in [1.165, 1.54) is 0 Å². The molecule has 0 bridgehead atoms. The van der Waals surface area contributed by atoms with Gasteiger partial charge in [-0.25, -0.2) is 0 Å². The Bertz CT molecular complexity index is 193. The van der Waals surface area contributed by atoms with Crippen LogP contribution in [0.5, 0.6) is 0 Å². The van der Waals surface area contributed by atoms with Crippen LogP contribution in [0.3, 0.4) is 0 Å². The molecule has 1 amide bonds. The van der Waals surface area contributed by atoms with Crippen LogP contribution in [0.2, 0.25) is 0 Å². The monoisotopic (exact) mass is 200 g/mol. The molecule has 0 aromatic carbocycles. The number of ether oxygens (including phenoxy) is 1. The lowest BCUT2D eigenvalue weighted by atomic mass is 10.0. The first-order valence-electron chi connectivity index (χ1n) is 5.29. The lowest BCUT2D eigenvalue weighted by Gasteiger charge is -2.33. The Morgan fingerprint density at radius 1 is 1.71 bits per heavy atom. The van der Waals surface area contributed by atoms with Crippen molar-refractivity contribution in [1.29, 1.82) is 0 Å². The van der Waals surface area contributed by atoms with Crippen LogP contribution in [0.1, 0.15) is 20.3 Å². The molecule has 1 aliphatic heterocycles. The average Bonchev–Trinajstić information content (AvgIpc) is 2.19. The highest BCUT2D eigenvalue weighted by molar-refractivity contribution is 5.79. The van der Waals surface area contributed by atoms with Gasteiger partial charge in [0.1, 0.15) is 0 Å². The molecule has 0 aromatic rings. The third-order valence-electron chi connectivity index (χ3n) is 2.68. The summed E-state index contributed by atoms with van der Waals surface area (Å²) in [4.78, 5) is 13.8. The van der Waals surface area contributed by atoms with E-state index < -0.39 is 0 Å². The zero-order valence-corrected chi connectivity index (χ0v) is 9.03. The van der Waals surface area contributed by atoms with Crippen LogP contribution >= 0.6 is 0 Å². The standard InChI is InChI=1S/C10H20N2O2/c1-3-9(6-11)10(13)12-4-5-14-8(2)7-12/h8-9H,3-7,11H2,1-2H3. The van der Waals surface area contributed by atoms with Crippen molar-refractivity contribution in [2.24, 2.45) is 11.7 Å². The quantitative estimate of drug-likeness (QED) is 0.709. The summed E-state index contributed by atoms with van der Waals surface area (Å²) < 4.78 is 5.38. The van der Waals surface area contributed by atoms with E-state index in [0.717, 1.165) is 6.42 Å². The summed E-state index contributed by atoms with van der Waals surface area (Å²) in [5, 5.41) is 0. The minimum absolute atomic E-state index is 0.0136. The zero-order valence-electron chi connectivity index (χ0n) is 9.03. The number of nitrogens with two attached hydrogens (primary N) is 1. The van der Waals surface area contributed by atoms with E-state index in [-0.39, 0.29) is 17.9 Å². The molecular formula is C10H20N2O2. The van der Waals surface area contributed by atoms with Gasteiger partial charge in [-0.15, -0.1) is 0 Å². The molecule has 1 rings (SSSR count). The van der Waals surface area contributed by atoms with Crippen LogP contribution in [0.4, 0.5) is 0 Å². The van der Waals surface area contributed by atoms with Crippen molar-refractivity contribution in [2.45, 2.75) is 26.4 Å². The average molecular weight is 200 g/mol. The molecule has 0 spiro atoms. The van der Waals surface area contributed by atoms with Crippen LogP contribution in [0.15, 0.2) is 0 Å². The lowest BCUT2D eigenvalue weighted by molar-refractivity contribution is -0.142. The predicted octanol–water partition coefficient (Wildman–Crippen LogP) is 0.219. The topological polar surface area (TPSA) is 55.6 Å². The van der Waals surface area contributed by atoms with Crippen molar-refractivity contribution in [3.8, 4) is 0 Å². The first-order chi connectivity index (χ1) is 6.69. The molecule has 14 heavy (non-hydrogen) atoms. The van der Waals surface area contributed by atoms with Crippen LogP contribution in [-0.2, 0) is 9.53 Å². The fourth-order valence-electron chi connectivity index (χ4n) is 1.72. The van der Waals surface area contributed by atoms with E-state index in [1.807, 2.05) is 18.7 Å². The Morgan fingerprint density at radius 3 is 2.93 bits per heavy atom. The Balaban J connectivity index is 2.50. The number of hydrogen-bond donors (Lipinski definition) is 1. The van der Waals surface area contributed by atoms with Gasteiger partial charge >= 0.3 is 0 Å². The summed E-state index contributed by atoms with van der Waals surface area (Å²) in [5.41, 5.74) is 5.55. The third-order valence-corrected chi connectivity index (χ3v) is 2.68. The highest BCUT2D eigenvalue weighted by Gasteiger charge is 2.25. The molecular weight excluding hydrogens is 180 g/mol. The molecule has 1 saturated heterocycles. The largest absolute Gasteiger partial charge is 0.375 e. The number of hydrogen-bond acceptors (Lipinski definition) is 3. The summed E-state index contributed by atoms with van der Waals surface area (Å²) >= 11 is 0. The maximum Gasteiger partial charge on any atom is 0.227 e. The van der Waals surface area contributed by atoms with Gasteiger partial charge in [0.05, 0.1) is 18.6 Å². The molecule has 2 atom stereocenters. The minimum atomic E-state index is -0.0136. The highest BCUT2D eigenvalue weighted by atomic mass is 16.5. The molecule has 0 aromatic heterocycles. The Kier molecular flexibility index (Phi) is 4.35. The highest BCUT2D eigenvalue weighted by Crippen LogP contribution is 2.11. The fourth-order valence-corrected chi connectivity index (χ4v) is 1.72. The van der Waals surface area contributed by atoms with Crippen LogP contribution in [0.25, 0.3) is 0 Å². The minimum Gasteiger partial charge on any atom is -0.375 e. The second-order valence-electron chi connectivity index (χ2n) is 3.81. The van der Waals surface area contributed by atoms with E-state index in [2.05, 4.69) is 0 Å². The summed E-state index contributed by atoms with van der Waals surface area (Å²) in [7, 11) is 0. The molecule has 1 fully saturated rings. The van der Waals surface area contributed by atoms with Crippen LogP contribution in [0, 0.1) is 5.92 Å². The van der Waals surface area contributed by atoms with Crippen molar-refractivity contribution < 1.29 is 9.53 Å². The van der Waals surface area contributed by atoms with Crippen LogP contribution in [-0.4, -0.2) is 43.2 Å². The maximum absolute atomic E-state index is 11.9. The first-order valence-corrected chi connectivity index (χ1v) is 5.29. The Hall–Kier alpha value is -0.610. The van der Waals surface area contributed by atoms with Crippen molar-refractivity contribution in [3.05, 3.63) is 0 Å². The zero-order chi connectivity index (χ0) is 10.6. The van der Waals surface area contributed by atoms with Gasteiger partial charge in [-0.2, -0.15) is 0 Å². The number of amides is 1. The van der Waals surface area contributed by atoms with Crippen molar-refractivity contribution in [2.75, 3.05) is 26.2 Å².